The Labute approximate surface area is 130 Å². The van der Waals surface area contributed by atoms with E-state index in [1.807, 2.05) is 0 Å². The highest BCUT2D eigenvalue weighted by Gasteiger charge is 2.20. The number of hydrogen-bond donors (Lipinski definition) is 3. The number of carbonyl (C=O) groups is 1. The van der Waals surface area contributed by atoms with Crippen molar-refractivity contribution in [1.29, 1.82) is 0 Å². The van der Waals surface area contributed by atoms with Crippen LogP contribution in [0.25, 0.3) is 0 Å². The highest BCUT2D eigenvalue weighted by Crippen LogP contribution is 2.16. The quantitative estimate of drug-likeness (QED) is 0.726. The Kier molecular flexibility index (Phi) is 6.15. The molecule has 1 unspecified atom stereocenters. The van der Waals surface area contributed by atoms with Crippen LogP contribution >= 0.6 is 12.4 Å². The van der Waals surface area contributed by atoms with Crippen LogP contribution in [0.5, 0.6) is 0 Å². The van der Waals surface area contributed by atoms with Crippen LogP contribution in [0.1, 0.15) is 22.3 Å². The standard InChI is InChI=1S/C13H19N3O3S.ClH/c1-9-2-3-11(6-12(9)13(14)17)20(18,19)16-8-10-4-5-15-7-10;/h2-3,6,10,15-16H,4-5,7-8H2,1H3,(H2,14,17);1H. The van der Waals surface area contributed by atoms with Gasteiger partial charge >= 0.3 is 0 Å². The second-order valence-electron chi connectivity index (χ2n) is 5.05. The molecule has 1 saturated heterocycles. The van der Waals surface area contributed by atoms with E-state index < -0.39 is 15.9 Å². The molecule has 6 nitrogen and oxygen atoms in total. The summed E-state index contributed by atoms with van der Waals surface area (Å²) in [6.07, 6.45) is 0.961. The van der Waals surface area contributed by atoms with E-state index in [0.29, 0.717) is 18.0 Å². The highest BCUT2D eigenvalue weighted by atomic mass is 35.5. The summed E-state index contributed by atoms with van der Waals surface area (Å²) in [5.74, 6) is -0.314. The van der Waals surface area contributed by atoms with Gasteiger partial charge in [0.1, 0.15) is 0 Å². The number of rotatable bonds is 5. The minimum atomic E-state index is -3.61. The second-order valence-corrected chi connectivity index (χ2v) is 6.82. The number of carbonyl (C=O) groups excluding carboxylic acids is 1. The Morgan fingerprint density at radius 3 is 2.76 bits per heavy atom. The summed E-state index contributed by atoms with van der Waals surface area (Å²) in [6, 6.07) is 4.40. The molecule has 21 heavy (non-hydrogen) atoms. The minimum absolute atomic E-state index is 0. The summed E-state index contributed by atoms with van der Waals surface area (Å²) in [7, 11) is -3.61. The van der Waals surface area contributed by atoms with Gasteiger partial charge in [-0.05, 0) is 50.0 Å². The Balaban J connectivity index is 0.00000220. The van der Waals surface area contributed by atoms with Gasteiger partial charge in [0.15, 0.2) is 0 Å². The van der Waals surface area contributed by atoms with E-state index in [2.05, 4.69) is 10.0 Å². The van der Waals surface area contributed by atoms with Gasteiger partial charge in [-0.15, -0.1) is 12.4 Å². The molecule has 4 N–H and O–H groups in total. The summed E-state index contributed by atoms with van der Waals surface area (Å²) >= 11 is 0. The lowest BCUT2D eigenvalue weighted by molar-refractivity contribution is 0.0999. The Morgan fingerprint density at radius 2 is 2.19 bits per heavy atom. The van der Waals surface area contributed by atoms with Crippen LogP contribution < -0.4 is 15.8 Å². The molecule has 1 amide bonds. The van der Waals surface area contributed by atoms with Crippen LogP contribution in [0.15, 0.2) is 23.1 Å². The van der Waals surface area contributed by atoms with Crippen molar-refractivity contribution in [3.05, 3.63) is 29.3 Å². The van der Waals surface area contributed by atoms with Crippen molar-refractivity contribution in [3.8, 4) is 0 Å². The smallest absolute Gasteiger partial charge is 0.249 e. The first kappa shape index (κ1) is 17.9. The molecule has 1 heterocycles. The monoisotopic (exact) mass is 333 g/mol. The van der Waals surface area contributed by atoms with Crippen LogP contribution in [0.2, 0.25) is 0 Å². The number of sulfonamides is 1. The van der Waals surface area contributed by atoms with Crippen LogP contribution in [-0.4, -0.2) is 34.0 Å². The van der Waals surface area contributed by atoms with Gasteiger partial charge in [-0.25, -0.2) is 13.1 Å². The number of nitrogens with one attached hydrogen (secondary N) is 2. The van der Waals surface area contributed by atoms with Crippen molar-refractivity contribution in [3.63, 3.8) is 0 Å². The second kappa shape index (κ2) is 7.22. The zero-order valence-electron chi connectivity index (χ0n) is 11.8. The third-order valence-corrected chi connectivity index (χ3v) is 4.93. The molecule has 0 saturated carbocycles. The van der Waals surface area contributed by atoms with Gasteiger partial charge in [0.2, 0.25) is 15.9 Å². The first-order valence-corrected chi connectivity index (χ1v) is 7.99. The molecule has 1 aliphatic heterocycles. The molecule has 1 fully saturated rings. The maximum absolute atomic E-state index is 12.2. The largest absolute Gasteiger partial charge is 0.366 e. The zero-order valence-corrected chi connectivity index (χ0v) is 13.4. The molecule has 2 rings (SSSR count). The lowest BCUT2D eigenvalue weighted by Crippen LogP contribution is -2.30. The van der Waals surface area contributed by atoms with Gasteiger partial charge in [-0.1, -0.05) is 6.07 Å². The fourth-order valence-corrected chi connectivity index (χ4v) is 3.38. The summed E-state index contributed by atoms with van der Waals surface area (Å²) in [4.78, 5) is 11.3. The Hall–Kier alpha value is -1.15. The molecule has 0 spiro atoms. The normalized spacial score (nSPS) is 18.2. The molecule has 1 aliphatic rings. The number of primary amides is 1. The topological polar surface area (TPSA) is 101 Å². The van der Waals surface area contributed by atoms with Gasteiger partial charge in [-0.2, -0.15) is 0 Å². The van der Waals surface area contributed by atoms with Crippen LogP contribution in [0.3, 0.4) is 0 Å². The first-order valence-electron chi connectivity index (χ1n) is 6.51. The van der Waals surface area contributed by atoms with Crippen molar-refractivity contribution < 1.29 is 13.2 Å². The number of nitrogens with two attached hydrogens (primary N) is 1. The number of amides is 1. The third kappa shape index (κ3) is 4.41. The van der Waals surface area contributed by atoms with E-state index in [0.717, 1.165) is 19.5 Å². The summed E-state index contributed by atoms with van der Waals surface area (Å²) in [5, 5.41) is 3.18. The Morgan fingerprint density at radius 1 is 1.48 bits per heavy atom. The summed E-state index contributed by atoms with van der Waals surface area (Å²) in [5.41, 5.74) is 6.13. The zero-order chi connectivity index (χ0) is 14.8. The molecule has 118 valence electrons. The van der Waals surface area contributed by atoms with E-state index in [-0.39, 0.29) is 22.9 Å². The number of aryl methyl sites for hydroxylation is 1. The van der Waals surface area contributed by atoms with E-state index >= 15 is 0 Å². The van der Waals surface area contributed by atoms with Crippen molar-refractivity contribution in [2.45, 2.75) is 18.2 Å². The third-order valence-electron chi connectivity index (χ3n) is 3.51. The lowest BCUT2D eigenvalue weighted by atomic mass is 10.1. The molecule has 0 bridgehead atoms. The molecule has 1 aromatic carbocycles. The van der Waals surface area contributed by atoms with Crippen LogP contribution in [-0.2, 0) is 10.0 Å². The fourth-order valence-electron chi connectivity index (χ4n) is 2.23. The molecule has 8 heteroatoms. The Bertz CT molecular complexity index is 613. The van der Waals surface area contributed by atoms with Gasteiger partial charge in [-0.3, -0.25) is 4.79 Å². The van der Waals surface area contributed by atoms with Gasteiger partial charge in [0.05, 0.1) is 4.90 Å². The first-order chi connectivity index (χ1) is 9.40. The van der Waals surface area contributed by atoms with Crippen molar-refractivity contribution in [1.82, 2.24) is 10.0 Å². The predicted octanol–water partition coefficient (Wildman–Crippen LogP) is 0.404. The molecule has 1 aromatic rings. The SMILES string of the molecule is Cc1ccc(S(=O)(=O)NCC2CCNC2)cc1C(N)=O.Cl. The van der Waals surface area contributed by atoms with E-state index in [1.54, 1.807) is 13.0 Å². The van der Waals surface area contributed by atoms with E-state index in [9.17, 15) is 13.2 Å². The predicted molar refractivity (Wildman–Crippen MR) is 83.1 cm³/mol. The maximum Gasteiger partial charge on any atom is 0.249 e. The average Bonchev–Trinajstić information content (AvgIpc) is 2.89. The lowest BCUT2D eigenvalue weighted by Gasteiger charge is -2.12. The molecular formula is C13H20ClN3O3S. The van der Waals surface area contributed by atoms with Gasteiger partial charge in [0.25, 0.3) is 0 Å². The van der Waals surface area contributed by atoms with Crippen molar-refractivity contribution in [2.75, 3.05) is 19.6 Å². The molecule has 0 radical (unpaired) electrons. The number of hydrogen-bond acceptors (Lipinski definition) is 4. The maximum atomic E-state index is 12.2. The summed E-state index contributed by atoms with van der Waals surface area (Å²) < 4.78 is 27.0. The number of halogens is 1. The molecule has 1 atom stereocenters. The van der Waals surface area contributed by atoms with Crippen LogP contribution in [0.4, 0.5) is 0 Å². The number of benzene rings is 1. The molecule has 0 aliphatic carbocycles. The fraction of sp³-hybridized carbons (Fsp3) is 0.462. The molecule has 0 aromatic heterocycles. The van der Waals surface area contributed by atoms with Crippen molar-refractivity contribution >= 4 is 28.3 Å². The van der Waals surface area contributed by atoms with Gasteiger partial charge < -0.3 is 11.1 Å². The van der Waals surface area contributed by atoms with Crippen LogP contribution in [0, 0.1) is 12.8 Å². The average molecular weight is 334 g/mol. The highest BCUT2D eigenvalue weighted by molar-refractivity contribution is 7.89. The van der Waals surface area contributed by atoms with E-state index in [4.69, 9.17) is 5.73 Å². The van der Waals surface area contributed by atoms with E-state index in [1.165, 1.54) is 12.1 Å². The molecular weight excluding hydrogens is 314 g/mol. The van der Waals surface area contributed by atoms with Crippen molar-refractivity contribution in [2.24, 2.45) is 11.7 Å². The van der Waals surface area contributed by atoms with Gasteiger partial charge in [0, 0.05) is 12.1 Å². The summed E-state index contributed by atoms with van der Waals surface area (Å²) in [6.45, 7) is 3.86. The minimum Gasteiger partial charge on any atom is -0.366 e.